The molecule has 27 heavy (non-hydrogen) atoms. The molecule has 0 radical (unpaired) electrons. The molecule has 0 aliphatic heterocycles. The SMILES string of the molecule is CCCCCC/C=C/CCc1cc2ccc(OCCCC)c(F)c2c(=O)o1. The lowest BCUT2D eigenvalue weighted by molar-refractivity contribution is 0.295. The van der Waals surface area contributed by atoms with Gasteiger partial charge in [-0.2, -0.15) is 0 Å². The molecule has 0 N–H and O–H groups in total. The molecule has 4 heteroatoms. The van der Waals surface area contributed by atoms with Crippen LogP contribution in [0.3, 0.4) is 0 Å². The predicted octanol–water partition coefficient (Wildman–Crippen LogP) is 6.57. The summed E-state index contributed by atoms with van der Waals surface area (Å²) >= 11 is 0. The molecule has 0 saturated carbocycles. The minimum atomic E-state index is -0.635. The summed E-state index contributed by atoms with van der Waals surface area (Å²) in [5.74, 6) is 0.0695. The van der Waals surface area contributed by atoms with E-state index in [1.807, 2.05) is 6.92 Å². The molecule has 148 valence electrons. The van der Waals surface area contributed by atoms with E-state index in [0.717, 1.165) is 25.7 Å². The predicted molar refractivity (Wildman–Crippen MR) is 109 cm³/mol. The number of allylic oxidation sites excluding steroid dienone is 2. The van der Waals surface area contributed by atoms with Gasteiger partial charge in [-0.1, -0.05) is 57.7 Å². The van der Waals surface area contributed by atoms with Gasteiger partial charge < -0.3 is 9.15 Å². The Morgan fingerprint density at radius 3 is 2.59 bits per heavy atom. The first-order chi connectivity index (χ1) is 13.2. The molecule has 3 nitrogen and oxygen atoms in total. The van der Waals surface area contributed by atoms with Crippen LogP contribution in [0.2, 0.25) is 0 Å². The molecule has 2 rings (SSSR count). The van der Waals surface area contributed by atoms with Crippen LogP contribution in [0, 0.1) is 5.82 Å². The van der Waals surface area contributed by atoms with Gasteiger partial charge in [0.1, 0.15) is 11.1 Å². The topological polar surface area (TPSA) is 39.4 Å². The third-order valence-electron chi connectivity index (χ3n) is 4.59. The van der Waals surface area contributed by atoms with E-state index in [4.69, 9.17) is 9.15 Å². The number of aryl methyl sites for hydroxylation is 1. The minimum Gasteiger partial charge on any atom is -0.490 e. The van der Waals surface area contributed by atoms with Gasteiger partial charge in [-0.3, -0.25) is 0 Å². The lowest BCUT2D eigenvalue weighted by Gasteiger charge is -2.08. The van der Waals surface area contributed by atoms with E-state index in [2.05, 4.69) is 19.1 Å². The van der Waals surface area contributed by atoms with Gasteiger partial charge >= 0.3 is 5.63 Å². The Hall–Kier alpha value is -2.10. The van der Waals surface area contributed by atoms with Gasteiger partial charge in [-0.05, 0) is 43.2 Å². The molecule has 1 aromatic heterocycles. The van der Waals surface area contributed by atoms with Crippen LogP contribution >= 0.6 is 0 Å². The number of rotatable bonds is 12. The van der Waals surface area contributed by atoms with Crippen LogP contribution in [0.25, 0.3) is 10.8 Å². The summed E-state index contributed by atoms with van der Waals surface area (Å²) in [7, 11) is 0. The van der Waals surface area contributed by atoms with Gasteiger partial charge in [0.2, 0.25) is 0 Å². The lowest BCUT2D eigenvalue weighted by atomic mass is 10.1. The fourth-order valence-electron chi connectivity index (χ4n) is 2.98. The summed E-state index contributed by atoms with van der Waals surface area (Å²) in [6.45, 7) is 4.68. The van der Waals surface area contributed by atoms with E-state index < -0.39 is 11.4 Å². The second-order valence-corrected chi connectivity index (χ2v) is 6.90. The lowest BCUT2D eigenvalue weighted by Crippen LogP contribution is -2.07. The average molecular weight is 374 g/mol. The van der Waals surface area contributed by atoms with Crippen molar-refractivity contribution in [3.63, 3.8) is 0 Å². The number of fused-ring (bicyclic) bond motifs is 1. The first kappa shape index (κ1) is 21.2. The number of benzene rings is 1. The van der Waals surface area contributed by atoms with Crippen LogP contribution in [0.5, 0.6) is 5.75 Å². The molecule has 0 aliphatic rings. The van der Waals surface area contributed by atoms with Crippen LogP contribution in [-0.4, -0.2) is 6.61 Å². The molecule has 0 amide bonds. The van der Waals surface area contributed by atoms with E-state index in [0.29, 0.717) is 24.2 Å². The third kappa shape index (κ3) is 6.53. The maximum atomic E-state index is 14.6. The molecular formula is C23H31FO3. The molecule has 1 aromatic carbocycles. The van der Waals surface area contributed by atoms with Crippen molar-refractivity contribution in [3.8, 4) is 5.75 Å². The summed E-state index contributed by atoms with van der Waals surface area (Å²) < 4.78 is 25.3. The summed E-state index contributed by atoms with van der Waals surface area (Å²) in [5, 5.41) is 0.532. The Morgan fingerprint density at radius 1 is 1.04 bits per heavy atom. The van der Waals surface area contributed by atoms with Crippen LogP contribution < -0.4 is 10.4 Å². The molecule has 0 aliphatic carbocycles. The second kappa shape index (κ2) is 11.6. The Labute approximate surface area is 161 Å². The number of halogens is 1. The van der Waals surface area contributed by atoms with Crippen molar-refractivity contribution in [1.29, 1.82) is 0 Å². The Morgan fingerprint density at radius 2 is 1.81 bits per heavy atom. The molecule has 0 spiro atoms. The molecule has 0 bridgehead atoms. The summed E-state index contributed by atoms with van der Waals surface area (Å²) in [5.41, 5.74) is -0.635. The zero-order chi connectivity index (χ0) is 19.5. The zero-order valence-corrected chi connectivity index (χ0v) is 16.6. The standard InChI is InChI=1S/C23H31FO3/c1-3-5-7-8-9-10-11-12-13-19-17-18-14-15-20(26-16-6-4-2)22(24)21(18)23(25)27-19/h10-11,14-15,17H,3-9,12-13,16H2,1-2H3/b11-10+. The van der Waals surface area contributed by atoms with Gasteiger partial charge in [0.05, 0.1) is 6.61 Å². The smallest absolute Gasteiger partial charge is 0.346 e. The Balaban J connectivity index is 1.99. The molecule has 0 atom stereocenters. The van der Waals surface area contributed by atoms with E-state index in [-0.39, 0.29) is 11.1 Å². The Kier molecular flexibility index (Phi) is 9.09. The third-order valence-corrected chi connectivity index (χ3v) is 4.59. The first-order valence-corrected chi connectivity index (χ1v) is 10.2. The number of ether oxygens (including phenoxy) is 1. The highest BCUT2D eigenvalue weighted by Crippen LogP contribution is 2.25. The van der Waals surface area contributed by atoms with Crippen molar-refractivity contribution >= 4 is 10.8 Å². The molecule has 2 aromatic rings. The second-order valence-electron chi connectivity index (χ2n) is 6.90. The van der Waals surface area contributed by atoms with Crippen molar-refractivity contribution in [1.82, 2.24) is 0 Å². The number of hydrogen-bond donors (Lipinski definition) is 0. The fraction of sp³-hybridized carbons (Fsp3) is 0.522. The monoisotopic (exact) mass is 374 g/mol. The van der Waals surface area contributed by atoms with E-state index >= 15 is 0 Å². The van der Waals surface area contributed by atoms with Crippen LogP contribution in [0.1, 0.15) is 71.0 Å². The number of unbranched alkanes of at least 4 members (excludes halogenated alkanes) is 5. The fourth-order valence-corrected chi connectivity index (χ4v) is 2.98. The molecule has 1 heterocycles. The maximum absolute atomic E-state index is 14.6. The van der Waals surface area contributed by atoms with Crippen LogP contribution in [-0.2, 0) is 6.42 Å². The Bertz CT molecular complexity index is 792. The van der Waals surface area contributed by atoms with E-state index in [1.165, 1.54) is 25.7 Å². The number of hydrogen-bond acceptors (Lipinski definition) is 3. The van der Waals surface area contributed by atoms with Gasteiger partial charge in [-0.25, -0.2) is 9.18 Å². The zero-order valence-electron chi connectivity index (χ0n) is 16.6. The van der Waals surface area contributed by atoms with Crippen molar-refractivity contribution < 1.29 is 13.5 Å². The van der Waals surface area contributed by atoms with E-state index in [9.17, 15) is 9.18 Å². The maximum Gasteiger partial charge on any atom is 0.346 e. The summed E-state index contributed by atoms with van der Waals surface area (Å²) in [4.78, 5) is 12.3. The summed E-state index contributed by atoms with van der Waals surface area (Å²) in [6, 6.07) is 5.07. The van der Waals surface area contributed by atoms with Crippen molar-refractivity contribution in [2.45, 2.75) is 71.6 Å². The highest BCUT2D eigenvalue weighted by atomic mass is 19.1. The quantitative estimate of drug-likeness (QED) is 0.311. The van der Waals surface area contributed by atoms with Crippen LogP contribution in [0.4, 0.5) is 4.39 Å². The molecule has 0 saturated heterocycles. The van der Waals surface area contributed by atoms with Crippen molar-refractivity contribution in [2.24, 2.45) is 0 Å². The first-order valence-electron chi connectivity index (χ1n) is 10.2. The van der Waals surface area contributed by atoms with Gasteiger partial charge in [0, 0.05) is 6.42 Å². The van der Waals surface area contributed by atoms with Crippen molar-refractivity contribution in [2.75, 3.05) is 6.61 Å². The van der Waals surface area contributed by atoms with Crippen LogP contribution in [0.15, 0.2) is 39.6 Å². The molecule has 0 fully saturated rings. The largest absolute Gasteiger partial charge is 0.490 e. The van der Waals surface area contributed by atoms with Crippen molar-refractivity contribution in [3.05, 3.63) is 52.3 Å². The van der Waals surface area contributed by atoms with Gasteiger partial charge in [0.25, 0.3) is 0 Å². The summed E-state index contributed by atoms with van der Waals surface area (Å²) in [6.07, 6.45) is 13.7. The van der Waals surface area contributed by atoms with Gasteiger partial charge in [-0.15, -0.1) is 0 Å². The van der Waals surface area contributed by atoms with Gasteiger partial charge in [0.15, 0.2) is 11.6 Å². The minimum absolute atomic E-state index is 0.0285. The average Bonchev–Trinajstić information content (AvgIpc) is 2.65. The normalized spacial score (nSPS) is 11.5. The highest BCUT2D eigenvalue weighted by molar-refractivity contribution is 5.83. The molecular weight excluding hydrogens is 343 g/mol. The highest BCUT2D eigenvalue weighted by Gasteiger charge is 2.14. The van der Waals surface area contributed by atoms with E-state index in [1.54, 1.807) is 18.2 Å². The molecule has 0 unspecified atom stereocenters.